The molecule has 0 aliphatic rings. The highest BCUT2D eigenvalue weighted by molar-refractivity contribution is 5.96. The molecule has 1 aromatic carbocycles. The number of aromatic carboxylic acids is 1. The van der Waals surface area contributed by atoms with Gasteiger partial charge in [-0.3, -0.25) is 4.79 Å². The largest absolute Gasteiger partial charge is 0.477 e. The number of H-pyrrole nitrogens is 1. The van der Waals surface area contributed by atoms with E-state index < -0.39 is 11.5 Å². The predicted octanol–water partition coefficient (Wildman–Crippen LogP) is 2.36. The summed E-state index contributed by atoms with van der Waals surface area (Å²) in [4.78, 5) is 25.2. The number of carboxylic acids is 1. The topological polar surface area (TPSA) is 70.2 Å². The highest BCUT2D eigenvalue weighted by atomic mass is 16.4. The number of carbonyl (C=O) groups is 1. The smallest absolute Gasteiger partial charge is 0.341 e. The number of benzene rings is 1. The molecule has 0 spiro atoms. The zero-order valence-corrected chi connectivity index (χ0v) is 10.2. The first kappa shape index (κ1) is 12.1. The molecule has 1 aromatic heterocycles. The number of nitrogens with one attached hydrogen (secondary N) is 1. The number of pyridine rings is 1. The van der Waals surface area contributed by atoms with Crippen LogP contribution in [-0.4, -0.2) is 16.1 Å². The Morgan fingerprint density at radius 1 is 1.17 bits per heavy atom. The second-order valence-corrected chi connectivity index (χ2v) is 4.15. The first-order valence-corrected chi connectivity index (χ1v) is 5.54. The Labute approximate surface area is 104 Å². The minimum atomic E-state index is -1.22. The molecule has 4 nitrogen and oxygen atoms in total. The van der Waals surface area contributed by atoms with Gasteiger partial charge < -0.3 is 10.1 Å². The van der Waals surface area contributed by atoms with Crippen molar-refractivity contribution in [1.82, 2.24) is 4.98 Å². The fraction of sp³-hybridized carbons (Fsp3) is 0.143. The summed E-state index contributed by atoms with van der Waals surface area (Å²) in [6.45, 7) is 3.87. The normalized spacial score (nSPS) is 10.3. The standard InChI is InChI=1S/C14H13NO3/c1-8-4-3-5-10(9(8)2)11-6-7-15-13(16)12(11)14(17)18/h3-7H,1-2H3,(H,15,16)(H,17,18). The van der Waals surface area contributed by atoms with Crippen LogP contribution in [0.25, 0.3) is 11.1 Å². The van der Waals surface area contributed by atoms with Crippen LogP contribution in [0.3, 0.4) is 0 Å². The lowest BCUT2D eigenvalue weighted by Crippen LogP contribution is -2.18. The van der Waals surface area contributed by atoms with Crippen LogP contribution < -0.4 is 5.56 Å². The minimum Gasteiger partial charge on any atom is -0.477 e. The van der Waals surface area contributed by atoms with Crippen LogP contribution in [0.1, 0.15) is 21.5 Å². The Hall–Kier alpha value is -2.36. The minimum absolute atomic E-state index is 0.216. The third kappa shape index (κ3) is 1.93. The number of aromatic amines is 1. The van der Waals surface area contributed by atoms with Crippen molar-refractivity contribution in [2.45, 2.75) is 13.8 Å². The highest BCUT2D eigenvalue weighted by Gasteiger charge is 2.17. The van der Waals surface area contributed by atoms with Crippen LogP contribution in [0, 0.1) is 13.8 Å². The summed E-state index contributed by atoms with van der Waals surface area (Å²) in [6.07, 6.45) is 1.46. The van der Waals surface area contributed by atoms with Gasteiger partial charge in [0.2, 0.25) is 0 Å². The van der Waals surface area contributed by atoms with E-state index in [4.69, 9.17) is 5.11 Å². The van der Waals surface area contributed by atoms with E-state index in [1.165, 1.54) is 6.20 Å². The summed E-state index contributed by atoms with van der Waals surface area (Å²) in [7, 11) is 0. The second-order valence-electron chi connectivity index (χ2n) is 4.15. The maximum Gasteiger partial charge on any atom is 0.341 e. The average molecular weight is 243 g/mol. The lowest BCUT2D eigenvalue weighted by Gasteiger charge is -2.10. The number of aryl methyl sites for hydroxylation is 1. The summed E-state index contributed by atoms with van der Waals surface area (Å²) in [6, 6.07) is 7.24. The number of hydrogen-bond acceptors (Lipinski definition) is 2. The monoisotopic (exact) mass is 243 g/mol. The molecule has 0 fully saturated rings. The Balaban J connectivity index is 2.80. The van der Waals surface area contributed by atoms with Crippen molar-refractivity contribution in [3.05, 3.63) is 57.5 Å². The van der Waals surface area contributed by atoms with E-state index in [2.05, 4.69) is 4.98 Å². The Morgan fingerprint density at radius 2 is 1.89 bits per heavy atom. The third-order valence-electron chi connectivity index (χ3n) is 3.07. The summed E-state index contributed by atoms with van der Waals surface area (Å²) >= 11 is 0. The SMILES string of the molecule is Cc1cccc(-c2cc[nH]c(=O)c2C(=O)O)c1C. The van der Waals surface area contributed by atoms with Gasteiger partial charge in [-0.25, -0.2) is 4.79 Å². The maximum atomic E-state index is 11.6. The van der Waals surface area contributed by atoms with Gasteiger partial charge in [0, 0.05) is 11.8 Å². The lowest BCUT2D eigenvalue weighted by molar-refractivity contribution is 0.0696. The molecule has 0 saturated heterocycles. The molecule has 0 atom stereocenters. The molecule has 2 aromatic rings. The van der Waals surface area contributed by atoms with Gasteiger partial charge in [-0.15, -0.1) is 0 Å². The van der Waals surface area contributed by atoms with Gasteiger partial charge in [0.05, 0.1) is 0 Å². The van der Waals surface area contributed by atoms with E-state index in [-0.39, 0.29) is 5.56 Å². The van der Waals surface area contributed by atoms with Crippen LogP contribution in [0.4, 0.5) is 0 Å². The second kappa shape index (κ2) is 4.49. The van der Waals surface area contributed by atoms with Crippen LogP contribution >= 0.6 is 0 Å². The molecule has 0 bridgehead atoms. The first-order valence-electron chi connectivity index (χ1n) is 5.54. The van der Waals surface area contributed by atoms with Crippen molar-refractivity contribution in [3.63, 3.8) is 0 Å². The van der Waals surface area contributed by atoms with Crippen molar-refractivity contribution in [1.29, 1.82) is 0 Å². The summed E-state index contributed by atoms with van der Waals surface area (Å²) < 4.78 is 0. The molecular weight excluding hydrogens is 230 g/mol. The fourth-order valence-electron chi connectivity index (χ4n) is 1.96. The molecule has 2 rings (SSSR count). The predicted molar refractivity (Wildman–Crippen MR) is 68.9 cm³/mol. The Kier molecular flexibility index (Phi) is 3.02. The van der Waals surface area contributed by atoms with Gasteiger partial charge in [-0.1, -0.05) is 18.2 Å². The van der Waals surface area contributed by atoms with Gasteiger partial charge in [0.1, 0.15) is 5.56 Å². The van der Waals surface area contributed by atoms with Crippen LogP contribution in [-0.2, 0) is 0 Å². The van der Waals surface area contributed by atoms with Crippen molar-refractivity contribution in [2.75, 3.05) is 0 Å². The van der Waals surface area contributed by atoms with E-state index in [0.717, 1.165) is 16.7 Å². The Bertz CT molecular complexity index is 671. The van der Waals surface area contributed by atoms with E-state index in [1.807, 2.05) is 32.0 Å². The van der Waals surface area contributed by atoms with Crippen molar-refractivity contribution in [3.8, 4) is 11.1 Å². The van der Waals surface area contributed by atoms with Crippen molar-refractivity contribution < 1.29 is 9.90 Å². The van der Waals surface area contributed by atoms with E-state index in [0.29, 0.717) is 5.56 Å². The summed E-state index contributed by atoms with van der Waals surface area (Å²) in [5.41, 5.74) is 2.47. The molecule has 18 heavy (non-hydrogen) atoms. The molecule has 0 radical (unpaired) electrons. The zero-order chi connectivity index (χ0) is 13.3. The lowest BCUT2D eigenvalue weighted by atomic mass is 9.95. The van der Waals surface area contributed by atoms with E-state index in [1.54, 1.807) is 6.07 Å². The molecule has 0 amide bonds. The van der Waals surface area contributed by atoms with Crippen LogP contribution in [0.2, 0.25) is 0 Å². The van der Waals surface area contributed by atoms with Gasteiger partial charge in [-0.2, -0.15) is 0 Å². The van der Waals surface area contributed by atoms with Gasteiger partial charge in [0.15, 0.2) is 0 Å². The molecular formula is C14H13NO3. The maximum absolute atomic E-state index is 11.6. The Morgan fingerprint density at radius 3 is 2.56 bits per heavy atom. The van der Waals surface area contributed by atoms with Crippen LogP contribution in [0.15, 0.2) is 35.3 Å². The molecule has 0 aliphatic heterocycles. The zero-order valence-electron chi connectivity index (χ0n) is 10.2. The first-order chi connectivity index (χ1) is 8.52. The number of aromatic nitrogens is 1. The van der Waals surface area contributed by atoms with Crippen LogP contribution in [0.5, 0.6) is 0 Å². The average Bonchev–Trinajstić information content (AvgIpc) is 2.32. The van der Waals surface area contributed by atoms with Crippen molar-refractivity contribution in [2.24, 2.45) is 0 Å². The quantitative estimate of drug-likeness (QED) is 0.850. The summed E-state index contributed by atoms with van der Waals surface area (Å²) in [5, 5.41) is 9.15. The number of carboxylic acid groups (broad SMARTS) is 1. The number of rotatable bonds is 2. The fourth-order valence-corrected chi connectivity index (χ4v) is 1.96. The molecule has 0 aliphatic carbocycles. The molecule has 92 valence electrons. The van der Waals surface area contributed by atoms with E-state index in [9.17, 15) is 9.59 Å². The van der Waals surface area contributed by atoms with Gasteiger partial charge in [-0.05, 0) is 36.6 Å². The van der Waals surface area contributed by atoms with Gasteiger partial charge in [0.25, 0.3) is 5.56 Å². The molecule has 2 N–H and O–H groups in total. The molecule has 0 unspecified atom stereocenters. The third-order valence-corrected chi connectivity index (χ3v) is 3.07. The molecule has 0 saturated carbocycles. The van der Waals surface area contributed by atoms with Gasteiger partial charge >= 0.3 is 5.97 Å². The van der Waals surface area contributed by atoms with E-state index >= 15 is 0 Å². The summed E-state index contributed by atoms with van der Waals surface area (Å²) in [5.74, 6) is -1.22. The molecule has 4 heteroatoms. The highest BCUT2D eigenvalue weighted by Crippen LogP contribution is 2.26. The number of hydrogen-bond donors (Lipinski definition) is 2. The van der Waals surface area contributed by atoms with Crippen molar-refractivity contribution >= 4 is 5.97 Å². The molecule has 1 heterocycles.